The van der Waals surface area contributed by atoms with Gasteiger partial charge >= 0.3 is 0 Å². The molecule has 2 aliphatic rings. The molecule has 1 saturated heterocycles. The lowest BCUT2D eigenvalue weighted by Gasteiger charge is -2.24. The van der Waals surface area contributed by atoms with Gasteiger partial charge in [0.2, 0.25) is 5.78 Å². The van der Waals surface area contributed by atoms with Gasteiger partial charge in [-0.25, -0.2) is 0 Å². The molecule has 25 heavy (non-hydrogen) atoms. The fourth-order valence-electron chi connectivity index (χ4n) is 3.80. The molecule has 120 valence electrons. The van der Waals surface area contributed by atoms with Crippen molar-refractivity contribution in [3.8, 4) is 11.1 Å². The number of fused-ring (bicyclic) bond motifs is 4. The van der Waals surface area contributed by atoms with Gasteiger partial charge < -0.3 is 4.74 Å². The van der Waals surface area contributed by atoms with Crippen molar-refractivity contribution in [2.45, 2.75) is 11.7 Å². The lowest BCUT2D eigenvalue weighted by Crippen LogP contribution is -2.32. The van der Waals surface area contributed by atoms with Crippen molar-refractivity contribution in [1.29, 1.82) is 0 Å². The van der Waals surface area contributed by atoms with Gasteiger partial charge in [-0.3, -0.25) is 9.59 Å². The summed E-state index contributed by atoms with van der Waals surface area (Å²) < 4.78 is 5.86. The Morgan fingerprint density at radius 3 is 2.12 bits per heavy atom. The molecule has 1 spiro atoms. The van der Waals surface area contributed by atoms with E-state index >= 15 is 0 Å². The van der Waals surface area contributed by atoms with Crippen molar-refractivity contribution in [2.24, 2.45) is 0 Å². The lowest BCUT2D eigenvalue weighted by molar-refractivity contribution is 0.0868. The zero-order valence-electron chi connectivity index (χ0n) is 13.3. The summed E-state index contributed by atoms with van der Waals surface area (Å²) in [4.78, 5) is 26.1. The van der Waals surface area contributed by atoms with Crippen LogP contribution in [0.1, 0.15) is 26.3 Å². The molecular formula is C22H14O3. The Balaban J connectivity index is 1.67. The number of benzene rings is 3. The lowest BCUT2D eigenvalue weighted by atomic mass is 9.75. The second kappa shape index (κ2) is 4.98. The molecule has 3 heteroatoms. The fraction of sp³-hybridized carbons (Fsp3) is 0.0909. The molecule has 1 heterocycles. The molecule has 2 atom stereocenters. The van der Waals surface area contributed by atoms with Crippen LogP contribution in [0.4, 0.5) is 0 Å². The van der Waals surface area contributed by atoms with E-state index in [-0.39, 0.29) is 11.6 Å². The summed E-state index contributed by atoms with van der Waals surface area (Å²) in [6.07, 6.45) is -0.767. The Kier molecular flexibility index (Phi) is 2.85. The number of ketones is 2. The van der Waals surface area contributed by atoms with Crippen LogP contribution in [0, 0.1) is 0 Å². The zero-order chi connectivity index (χ0) is 17.0. The molecule has 2 unspecified atom stereocenters. The van der Waals surface area contributed by atoms with Gasteiger partial charge in [0.25, 0.3) is 0 Å². The summed E-state index contributed by atoms with van der Waals surface area (Å²) in [5.41, 5.74) is 2.64. The number of carbonyl (C=O) groups excluding carboxylic acids is 2. The first-order chi connectivity index (χ1) is 12.2. The van der Waals surface area contributed by atoms with E-state index in [1.807, 2.05) is 60.7 Å². The van der Waals surface area contributed by atoms with Gasteiger partial charge in [-0.05, 0) is 11.1 Å². The van der Waals surface area contributed by atoms with Gasteiger partial charge in [-0.1, -0.05) is 78.9 Å². The molecule has 0 aromatic heterocycles. The largest absolute Gasteiger partial charge is 0.343 e. The van der Waals surface area contributed by atoms with Crippen LogP contribution in [0.25, 0.3) is 11.1 Å². The van der Waals surface area contributed by atoms with Gasteiger partial charge in [0.05, 0.1) is 0 Å². The van der Waals surface area contributed by atoms with Crippen LogP contribution in [-0.4, -0.2) is 17.7 Å². The average molecular weight is 326 g/mol. The minimum absolute atomic E-state index is 0.129. The fourth-order valence-corrected chi connectivity index (χ4v) is 3.80. The van der Waals surface area contributed by atoms with Gasteiger partial charge in [-0.15, -0.1) is 0 Å². The highest BCUT2D eigenvalue weighted by Gasteiger charge is 2.69. The Morgan fingerprint density at radius 2 is 1.36 bits per heavy atom. The van der Waals surface area contributed by atoms with E-state index in [9.17, 15) is 9.59 Å². The third kappa shape index (κ3) is 1.84. The van der Waals surface area contributed by atoms with Gasteiger partial charge in [0.1, 0.15) is 0 Å². The maximum Gasteiger partial charge on any atom is 0.203 e. The van der Waals surface area contributed by atoms with E-state index in [0.717, 1.165) is 16.7 Å². The van der Waals surface area contributed by atoms with Crippen molar-refractivity contribution < 1.29 is 14.3 Å². The highest BCUT2D eigenvalue weighted by molar-refractivity contribution is 6.18. The first kappa shape index (κ1) is 14.3. The minimum atomic E-state index is -1.18. The predicted molar refractivity (Wildman–Crippen MR) is 93.5 cm³/mol. The van der Waals surface area contributed by atoms with Crippen LogP contribution in [0.5, 0.6) is 0 Å². The molecule has 0 N–H and O–H groups in total. The molecule has 0 saturated carbocycles. The molecular weight excluding hydrogens is 312 g/mol. The maximum atomic E-state index is 13.2. The average Bonchev–Trinajstić information content (AvgIpc) is 3.43. The van der Waals surface area contributed by atoms with Crippen LogP contribution >= 0.6 is 0 Å². The number of hydrogen-bond donors (Lipinski definition) is 0. The van der Waals surface area contributed by atoms with Crippen LogP contribution in [0.2, 0.25) is 0 Å². The predicted octanol–water partition coefficient (Wildman–Crippen LogP) is 4.03. The van der Waals surface area contributed by atoms with Crippen molar-refractivity contribution in [3.05, 3.63) is 95.6 Å². The molecule has 1 aliphatic heterocycles. The van der Waals surface area contributed by atoms with Crippen molar-refractivity contribution in [2.75, 3.05) is 0 Å². The third-order valence-corrected chi connectivity index (χ3v) is 5.04. The minimum Gasteiger partial charge on any atom is -0.343 e. The number of ether oxygens (including phenoxy) is 1. The van der Waals surface area contributed by atoms with E-state index in [1.54, 1.807) is 18.2 Å². The molecule has 5 rings (SSSR count). The second-order valence-electron chi connectivity index (χ2n) is 6.38. The summed E-state index contributed by atoms with van der Waals surface area (Å²) in [5, 5.41) is 0. The Bertz CT molecular complexity index is 1020. The first-order valence-corrected chi connectivity index (χ1v) is 8.24. The molecule has 3 aromatic rings. The SMILES string of the molecule is O=C(c1ccccc1)C1OC12C(=O)c1ccccc1-c1ccccc12. The summed E-state index contributed by atoms with van der Waals surface area (Å²) in [5.74, 6) is -0.279. The smallest absolute Gasteiger partial charge is 0.203 e. The molecule has 0 bridgehead atoms. The highest BCUT2D eigenvalue weighted by atomic mass is 16.6. The topological polar surface area (TPSA) is 46.7 Å². The van der Waals surface area contributed by atoms with Crippen LogP contribution < -0.4 is 0 Å². The number of Topliss-reactive ketones (excluding diaryl/α,β-unsaturated/α-hetero) is 2. The Morgan fingerprint density at radius 1 is 0.760 bits per heavy atom. The first-order valence-electron chi connectivity index (χ1n) is 8.24. The number of carbonyl (C=O) groups is 2. The van der Waals surface area contributed by atoms with Crippen LogP contribution in [-0.2, 0) is 10.3 Å². The van der Waals surface area contributed by atoms with Crippen LogP contribution in [0.15, 0.2) is 78.9 Å². The normalized spacial score (nSPS) is 23.0. The molecule has 3 aromatic carbocycles. The molecule has 1 fully saturated rings. The molecule has 1 aliphatic carbocycles. The Hall–Kier alpha value is -3.04. The summed E-state index contributed by atoms with van der Waals surface area (Å²) in [6, 6.07) is 24.2. The van der Waals surface area contributed by atoms with Gasteiger partial charge in [-0.2, -0.15) is 0 Å². The zero-order valence-corrected chi connectivity index (χ0v) is 13.3. The summed E-state index contributed by atoms with van der Waals surface area (Å²) in [7, 11) is 0. The molecule has 0 amide bonds. The summed E-state index contributed by atoms with van der Waals surface area (Å²) in [6.45, 7) is 0. The van der Waals surface area contributed by atoms with E-state index in [2.05, 4.69) is 0 Å². The monoisotopic (exact) mass is 326 g/mol. The van der Waals surface area contributed by atoms with Crippen LogP contribution in [0.3, 0.4) is 0 Å². The van der Waals surface area contributed by atoms with E-state index in [4.69, 9.17) is 4.74 Å². The van der Waals surface area contributed by atoms with Crippen molar-refractivity contribution in [3.63, 3.8) is 0 Å². The standard InChI is InChI=1S/C22H14O3/c23-19(14-8-2-1-3-9-14)21-22(25-21)18-13-7-6-11-16(18)15-10-4-5-12-17(15)20(22)24/h1-13,21H. The van der Waals surface area contributed by atoms with E-state index in [1.165, 1.54) is 0 Å². The summed E-state index contributed by atoms with van der Waals surface area (Å²) >= 11 is 0. The Labute approximate surface area is 144 Å². The molecule has 3 nitrogen and oxygen atoms in total. The van der Waals surface area contributed by atoms with E-state index in [0.29, 0.717) is 11.1 Å². The van der Waals surface area contributed by atoms with Crippen molar-refractivity contribution >= 4 is 11.6 Å². The number of epoxide rings is 1. The van der Waals surface area contributed by atoms with Crippen molar-refractivity contribution in [1.82, 2.24) is 0 Å². The number of rotatable bonds is 2. The molecule has 0 radical (unpaired) electrons. The van der Waals surface area contributed by atoms with E-state index < -0.39 is 11.7 Å². The quantitative estimate of drug-likeness (QED) is 0.528. The maximum absolute atomic E-state index is 13.2. The number of hydrogen-bond acceptors (Lipinski definition) is 3. The van der Waals surface area contributed by atoms with Gasteiger partial charge in [0.15, 0.2) is 17.5 Å². The third-order valence-electron chi connectivity index (χ3n) is 5.04. The highest BCUT2D eigenvalue weighted by Crippen LogP contribution is 2.56. The second-order valence-corrected chi connectivity index (χ2v) is 6.38. The van der Waals surface area contributed by atoms with Gasteiger partial charge in [0, 0.05) is 16.7 Å².